The van der Waals surface area contributed by atoms with Gasteiger partial charge in [0.1, 0.15) is 0 Å². The largest absolute Gasteiger partial charge is 0.424 e. The normalized spacial score (nSPS) is 19.6. The fourth-order valence-corrected chi connectivity index (χ4v) is 2.68. The topological polar surface area (TPSA) is 62.4 Å². The minimum Gasteiger partial charge on any atom is -0.424 e. The first-order chi connectivity index (χ1) is 9.85. The molecule has 0 aliphatic carbocycles. The molecule has 1 N–H and O–H groups in total. The Labute approximate surface area is 118 Å². The van der Waals surface area contributed by atoms with Gasteiger partial charge < -0.3 is 9.52 Å². The molecule has 5 nitrogen and oxygen atoms in total. The highest BCUT2D eigenvalue weighted by molar-refractivity contribution is 5.17. The Morgan fingerprint density at radius 2 is 2.00 bits per heavy atom. The maximum Gasteiger partial charge on any atom is 0.230 e. The van der Waals surface area contributed by atoms with Crippen LogP contribution < -0.4 is 0 Å². The Kier molecular flexibility index (Phi) is 4.08. The fourth-order valence-electron chi connectivity index (χ4n) is 2.68. The second kappa shape index (κ2) is 6.15. The van der Waals surface area contributed by atoms with Crippen molar-refractivity contribution in [3.63, 3.8) is 0 Å². The van der Waals surface area contributed by atoms with E-state index in [0.717, 1.165) is 24.9 Å². The van der Waals surface area contributed by atoms with Gasteiger partial charge in [-0.25, -0.2) is 0 Å². The Hall–Kier alpha value is -1.72. The van der Waals surface area contributed by atoms with Crippen molar-refractivity contribution >= 4 is 0 Å². The van der Waals surface area contributed by atoms with Crippen LogP contribution in [0.2, 0.25) is 0 Å². The van der Waals surface area contributed by atoms with Crippen LogP contribution in [0.25, 0.3) is 0 Å². The minimum atomic E-state index is 0.199. The zero-order valence-electron chi connectivity index (χ0n) is 11.4. The summed E-state index contributed by atoms with van der Waals surface area (Å²) in [5.74, 6) is 1.28. The molecule has 0 bridgehead atoms. The maximum absolute atomic E-state index is 9.31. The van der Waals surface area contributed by atoms with Gasteiger partial charge in [0, 0.05) is 6.04 Å². The summed E-state index contributed by atoms with van der Waals surface area (Å²) < 4.78 is 5.70. The van der Waals surface area contributed by atoms with Crippen LogP contribution in [0.15, 0.2) is 34.7 Å². The highest BCUT2D eigenvalue weighted by Gasteiger charge is 2.25. The molecule has 0 saturated carbocycles. The molecule has 3 rings (SSSR count). The zero-order valence-corrected chi connectivity index (χ0v) is 11.4. The van der Waals surface area contributed by atoms with E-state index >= 15 is 0 Å². The van der Waals surface area contributed by atoms with Gasteiger partial charge in [-0.2, -0.15) is 0 Å². The predicted molar refractivity (Wildman–Crippen MR) is 74.1 cm³/mol. The van der Waals surface area contributed by atoms with E-state index in [1.165, 1.54) is 0 Å². The highest BCUT2D eigenvalue weighted by Crippen LogP contribution is 2.19. The third-order valence-electron chi connectivity index (χ3n) is 3.76. The van der Waals surface area contributed by atoms with E-state index in [4.69, 9.17) is 4.42 Å². The third kappa shape index (κ3) is 3.05. The predicted octanol–water partition coefficient (Wildman–Crippen LogP) is 1.62. The summed E-state index contributed by atoms with van der Waals surface area (Å²) in [5.41, 5.74) is 1.16. The summed E-state index contributed by atoms with van der Waals surface area (Å²) in [6.45, 7) is 1.82. The number of aliphatic hydroxyl groups is 1. The lowest BCUT2D eigenvalue weighted by Crippen LogP contribution is -2.31. The molecule has 1 atom stereocenters. The highest BCUT2D eigenvalue weighted by atomic mass is 16.4. The molecule has 0 amide bonds. The lowest BCUT2D eigenvalue weighted by molar-refractivity contribution is 0.144. The summed E-state index contributed by atoms with van der Waals surface area (Å²) >= 11 is 0. The van der Waals surface area contributed by atoms with Gasteiger partial charge >= 0.3 is 0 Å². The molecule has 0 radical (unpaired) electrons. The number of aromatic nitrogens is 2. The lowest BCUT2D eigenvalue weighted by Gasteiger charge is -2.20. The van der Waals surface area contributed by atoms with Crippen LogP contribution in [0.5, 0.6) is 0 Å². The van der Waals surface area contributed by atoms with Gasteiger partial charge in [-0.05, 0) is 24.9 Å². The monoisotopic (exact) mass is 273 g/mol. The van der Waals surface area contributed by atoms with Gasteiger partial charge in [0.05, 0.1) is 19.6 Å². The second-order valence-electron chi connectivity index (χ2n) is 5.20. The van der Waals surface area contributed by atoms with E-state index < -0.39 is 0 Å². The van der Waals surface area contributed by atoms with Crippen LogP contribution in [-0.2, 0) is 13.0 Å². The number of benzene rings is 1. The van der Waals surface area contributed by atoms with E-state index in [1.54, 1.807) is 0 Å². The maximum atomic E-state index is 9.31. The van der Waals surface area contributed by atoms with E-state index in [1.807, 2.05) is 30.3 Å². The molecule has 1 aliphatic rings. The first kappa shape index (κ1) is 13.3. The molecule has 1 fully saturated rings. The van der Waals surface area contributed by atoms with E-state index in [0.29, 0.717) is 24.7 Å². The van der Waals surface area contributed by atoms with E-state index in [9.17, 15) is 5.11 Å². The molecule has 1 saturated heterocycles. The van der Waals surface area contributed by atoms with Crippen molar-refractivity contribution in [2.75, 3.05) is 13.2 Å². The van der Waals surface area contributed by atoms with Crippen molar-refractivity contribution in [1.29, 1.82) is 0 Å². The molecular formula is C15H19N3O2. The number of hydrogen-bond donors (Lipinski definition) is 1. The van der Waals surface area contributed by atoms with Crippen LogP contribution in [-0.4, -0.2) is 39.4 Å². The van der Waals surface area contributed by atoms with Crippen molar-refractivity contribution < 1.29 is 9.52 Å². The summed E-state index contributed by atoms with van der Waals surface area (Å²) in [5, 5.41) is 17.5. The number of aliphatic hydroxyl groups excluding tert-OH is 1. The molecule has 20 heavy (non-hydrogen) atoms. The van der Waals surface area contributed by atoms with Crippen LogP contribution in [0.3, 0.4) is 0 Å². The lowest BCUT2D eigenvalue weighted by atomic mass is 10.2. The van der Waals surface area contributed by atoms with Gasteiger partial charge in [-0.15, -0.1) is 10.2 Å². The average Bonchev–Trinajstić information content (AvgIpc) is 3.10. The molecule has 1 unspecified atom stereocenters. The molecule has 5 heteroatoms. The molecule has 0 spiro atoms. The standard InChI is InChI=1S/C15H19N3O2/c19-11-13-7-4-8-18(13)10-15-17-16-14(20-15)9-12-5-2-1-3-6-12/h1-3,5-6,13,19H,4,7-11H2. The van der Waals surface area contributed by atoms with Crippen molar-refractivity contribution in [2.24, 2.45) is 0 Å². The molecule has 1 aromatic carbocycles. The summed E-state index contributed by atoms with van der Waals surface area (Å²) in [7, 11) is 0. The molecule has 1 aliphatic heterocycles. The quantitative estimate of drug-likeness (QED) is 0.897. The van der Waals surface area contributed by atoms with Crippen LogP contribution in [0, 0.1) is 0 Å². The third-order valence-corrected chi connectivity index (χ3v) is 3.76. The van der Waals surface area contributed by atoms with Crippen molar-refractivity contribution in [2.45, 2.75) is 31.8 Å². The average molecular weight is 273 g/mol. The fraction of sp³-hybridized carbons (Fsp3) is 0.467. The van der Waals surface area contributed by atoms with Gasteiger partial charge in [0.25, 0.3) is 0 Å². The van der Waals surface area contributed by atoms with Crippen molar-refractivity contribution in [3.8, 4) is 0 Å². The Bertz CT molecular complexity index is 541. The molecule has 2 aromatic rings. The van der Waals surface area contributed by atoms with E-state index in [2.05, 4.69) is 15.1 Å². The molecule has 1 aromatic heterocycles. The molecule has 2 heterocycles. The molecule has 106 valence electrons. The Morgan fingerprint density at radius 3 is 2.80 bits per heavy atom. The van der Waals surface area contributed by atoms with E-state index in [-0.39, 0.29) is 12.6 Å². The number of likely N-dealkylation sites (tertiary alicyclic amines) is 1. The number of nitrogens with zero attached hydrogens (tertiary/aromatic N) is 3. The van der Waals surface area contributed by atoms with Crippen LogP contribution in [0.1, 0.15) is 30.2 Å². The van der Waals surface area contributed by atoms with Gasteiger partial charge in [-0.3, -0.25) is 4.90 Å². The molecular weight excluding hydrogens is 254 g/mol. The van der Waals surface area contributed by atoms with Gasteiger partial charge in [-0.1, -0.05) is 30.3 Å². The Morgan fingerprint density at radius 1 is 1.20 bits per heavy atom. The number of hydrogen-bond acceptors (Lipinski definition) is 5. The van der Waals surface area contributed by atoms with Gasteiger partial charge in [0.15, 0.2) is 0 Å². The smallest absolute Gasteiger partial charge is 0.230 e. The van der Waals surface area contributed by atoms with Crippen LogP contribution in [0.4, 0.5) is 0 Å². The minimum absolute atomic E-state index is 0.199. The summed E-state index contributed by atoms with van der Waals surface area (Å²) in [6, 6.07) is 10.3. The summed E-state index contributed by atoms with van der Waals surface area (Å²) in [6.07, 6.45) is 2.83. The first-order valence-electron chi connectivity index (χ1n) is 7.05. The van der Waals surface area contributed by atoms with Crippen molar-refractivity contribution in [3.05, 3.63) is 47.7 Å². The van der Waals surface area contributed by atoms with Gasteiger partial charge in [0.2, 0.25) is 11.8 Å². The first-order valence-corrected chi connectivity index (χ1v) is 7.05. The van der Waals surface area contributed by atoms with Crippen LogP contribution >= 0.6 is 0 Å². The second-order valence-corrected chi connectivity index (χ2v) is 5.20. The van der Waals surface area contributed by atoms with Crippen molar-refractivity contribution in [1.82, 2.24) is 15.1 Å². The summed E-state index contributed by atoms with van der Waals surface area (Å²) in [4.78, 5) is 2.21. The SMILES string of the molecule is OCC1CCCN1Cc1nnc(Cc2ccccc2)o1. The zero-order chi connectivity index (χ0) is 13.8. The Balaban J connectivity index is 1.62. The number of rotatable bonds is 5.